The zero-order chi connectivity index (χ0) is 21.9. The van der Waals surface area contributed by atoms with Crippen molar-refractivity contribution in [2.24, 2.45) is 0 Å². The third-order valence-corrected chi connectivity index (χ3v) is 5.76. The molecule has 0 unspecified atom stereocenters. The van der Waals surface area contributed by atoms with E-state index in [1.54, 1.807) is 25.4 Å². The zero-order valence-corrected chi connectivity index (χ0v) is 17.8. The maximum atomic E-state index is 12.9. The molecule has 3 aromatic heterocycles. The number of hydrogen-bond acceptors (Lipinski definition) is 6. The Balaban J connectivity index is 1.43. The summed E-state index contributed by atoms with van der Waals surface area (Å²) in [4.78, 5) is 23.9. The quantitative estimate of drug-likeness (QED) is 0.493. The van der Waals surface area contributed by atoms with Crippen LogP contribution in [-0.2, 0) is 0 Å². The molecule has 1 amide bonds. The van der Waals surface area contributed by atoms with E-state index in [0.29, 0.717) is 17.3 Å². The summed E-state index contributed by atoms with van der Waals surface area (Å²) in [6.07, 6.45) is 9.05. The SMILES string of the molecule is COc1ccc(NC(=O)c2n[nH]c3ccc(-c4cncc(N5CCCCC5)c4)cc23)cn1. The molecule has 0 radical (unpaired) electrons. The molecule has 1 fully saturated rings. The second-order valence-corrected chi connectivity index (χ2v) is 7.86. The van der Waals surface area contributed by atoms with E-state index in [4.69, 9.17) is 4.74 Å². The second kappa shape index (κ2) is 8.66. The Morgan fingerprint density at radius 2 is 1.91 bits per heavy atom. The molecule has 2 N–H and O–H groups in total. The monoisotopic (exact) mass is 428 g/mol. The lowest BCUT2D eigenvalue weighted by Crippen LogP contribution is -2.29. The van der Waals surface area contributed by atoms with Gasteiger partial charge in [0.2, 0.25) is 5.88 Å². The van der Waals surface area contributed by atoms with Crippen LogP contribution < -0.4 is 15.0 Å². The number of nitrogens with zero attached hydrogens (tertiary/aromatic N) is 4. The molecule has 1 aliphatic heterocycles. The van der Waals surface area contributed by atoms with Crippen molar-refractivity contribution in [2.75, 3.05) is 30.4 Å². The van der Waals surface area contributed by atoms with Gasteiger partial charge in [-0.05, 0) is 49.1 Å². The smallest absolute Gasteiger partial charge is 0.276 e. The first-order valence-electron chi connectivity index (χ1n) is 10.7. The maximum absolute atomic E-state index is 12.9. The van der Waals surface area contributed by atoms with Gasteiger partial charge in [-0.3, -0.25) is 14.9 Å². The predicted molar refractivity (Wildman–Crippen MR) is 124 cm³/mol. The molecule has 5 rings (SSSR count). The molecule has 8 nitrogen and oxygen atoms in total. The van der Waals surface area contributed by atoms with E-state index < -0.39 is 0 Å². The summed E-state index contributed by atoms with van der Waals surface area (Å²) in [5.41, 5.74) is 4.85. The van der Waals surface area contributed by atoms with Crippen LogP contribution in [0.4, 0.5) is 11.4 Å². The van der Waals surface area contributed by atoms with Crippen molar-refractivity contribution in [3.05, 3.63) is 60.7 Å². The molecule has 0 bridgehead atoms. The van der Waals surface area contributed by atoms with Crippen LogP contribution in [0.5, 0.6) is 5.88 Å². The lowest BCUT2D eigenvalue weighted by atomic mass is 10.0. The van der Waals surface area contributed by atoms with Crippen LogP contribution in [0.2, 0.25) is 0 Å². The average molecular weight is 428 g/mol. The Kier molecular flexibility index (Phi) is 5.41. The van der Waals surface area contributed by atoms with E-state index in [9.17, 15) is 4.79 Å². The molecule has 0 spiro atoms. The van der Waals surface area contributed by atoms with Crippen LogP contribution >= 0.6 is 0 Å². The number of ether oxygens (including phenoxy) is 1. The Bertz CT molecular complexity index is 1250. The van der Waals surface area contributed by atoms with Crippen molar-refractivity contribution in [3.8, 4) is 17.0 Å². The van der Waals surface area contributed by atoms with Crippen LogP contribution in [-0.4, -0.2) is 46.3 Å². The Morgan fingerprint density at radius 3 is 2.69 bits per heavy atom. The van der Waals surface area contributed by atoms with Crippen LogP contribution in [0.15, 0.2) is 55.0 Å². The number of methoxy groups -OCH3 is 1. The molecule has 162 valence electrons. The number of benzene rings is 1. The van der Waals surface area contributed by atoms with E-state index in [1.165, 1.54) is 19.3 Å². The molecule has 32 heavy (non-hydrogen) atoms. The minimum atomic E-state index is -0.305. The number of aromatic nitrogens is 4. The van der Waals surface area contributed by atoms with Gasteiger partial charge < -0.3 is 15.0 Å². The fourth-order valence-corrected chi connectivity index (χ4v) is 4.04. The van der Waals surface area contributed by atoms with E-state index in [2.05, 4.69) is 36.4 Å². The highest BCUT2D eigenvalue weighted by molar-refractivity contribution is 6.11. The first kappa shape index (κ1) is 20.0. The molecule has 4 heterocycles. The summed E-state index contributed by atoms with van der Waals surface area (Å²) in [7, 11) is 1.55. The van der Waals surface area contributed by atoms with Gasteiger partial charge in [-0.2, -0.15) is 5.10 Å². The summed E-state index contributed by atoms with van der Waals surface area (Å²) in [5.74, 6) is 0.179. The van der Waals surface area contributed by atoms with Gasteiger partial charge >= 0.3 is 0 Å². The molecule has 0 aliphatic carbocycles. The van der Waals surface area contributed by atoms with E-state index in [1.807, 2.05) is 30.6 Å². The standard InChI is InChI=1S/C24H24N6O2/c1-32-22-8-6-18(14-26-22)27-24(31)23-20-12-16(5-7-21(20)28-29-23)17-11-19(15-25-13-17)30-9-3-2-4-10-30/h5-8,11-15H,2-4,9-10H2,1H3,(H,27,31)(H,28,29). The van der Waals surface area contributed by atoms with Crippen LogP contribution in [0.1, 0.15) is 29.8 Å². The van der Waals surface area contributed by atoms with Crippen LogP contribution in [0.3, 0.4) is 0 Å². The number of fused-ring (bicyclic) bond motifs is 1. The summed E-state index contributed by atoms with van der Waals surface area (Å²) in [5, 5.41) is 10.8. The second-order valence-electron chi connectivity index (χ2n) is 7.86. The number of pyridine rings is 2. The lowest BCUT2D eigenvalue weighted by Gasteiger charge is -2.28. The highest BCUT2D eigenvalue weighted by atomic mass is 16.5. The minimum Gasteiger partial charge on any atom is -0.481 e. The fraction of sp³-hybridized carbons (Fsp3) is 0.250. The molecular weight excluding hydrogens is 404 g/mol. The fourth-order valence-electron chi connectivity index (χ4n) is 4.04. The Morgan fingerprint density at radius 1 is 1.03 bits per heavy atom. The van der Waals surface area contributed by atoms with Crippen molar-refractivity contribution >= 4 is 28.2 Å². The van der Waals surface area contributed by atoms with Crippen LogP contribution in [0.25, 0.3) is 22.0 Å². The van der Waals surface area contributed by atoms with Crippen molar-refractivity contribution in [1.82, 2.24) is 20.2 Å². The van der Waals surface area contributed by atoms with Gasteiger partial charge in [-0.15, -0.1) is 0 Å². The van der Waals surface area contributed by atoms with Gasteiger partial charge in [-0.1, -0.05) is 6.07 Å². The normalized spacial score (nSPS) is 13.8. The molecule has 1 saturated heterocycles. The summed E-state index contributed by atoms with van der Waals surface area (Å²) < 4.78 is 5.06. The van der Waals surface area contributed by atoms with Gasteiger partial charge in [0.25, 0.3) is 5.91 Å². The number of piperidine rings is 1. The number of hydrogen-bond donors (Lipinski definition) is 2. The van der Waals surface area contributed by atoms with Crippen molar-refractivity contribution in [1.29, 1.82) is 0 Å². The molecule has 1 aromatic carbocycles. The molecule has 8 heteroatoms. The number of carbonyl (C=O) groups is 1. The van der Waals surface area contributed by atoms with Gasteiger partial charge in [-0.25, -0.2) is 4.98 Å². The summed E-state index contributed by atoms with van der Waals surface area (Å²) >= 11 is 0. The highest BCUT2D eigenvalue weighted by Gasteiger charge is 2.17. The number of carbonyl (C=O) groups excluding carboxylic acids is 1. The van der Waals surface area contributed by atoms with E-state index in [-0.39, 0.29) is 5.91 Å². The van der Waals surface area contributed by atoms with Gasteiger partial charge in [0, 0.05) is 36.3 Å². The Hall–Kier alpha value is -3.94. The van der Waals surface area contributed by atoms with E-state index >= 15 is 0 Å². The number of nitrogens with one attached hydrogen (secondary N) is 2. The molecule has 4 aromatic rings. The average Bonchev–Trinajstić information content (AvgIpc) is 3.29. The summed E-state index contributed by atoms with van der Waals surface area (Å²) in [6, 6.07) is 11.5. The van der Waals surface area contributed by atoms with Crippen molar-refractivity contribution in [2.45, 2.75) is 19.3 Å². The largest absolute Gasteiger partial charge is 0.481 e. The Labute approximate surface area is 185 Å². The number of H-pyrrole nitrogens is 1. The number of rotatable bonds is 5. The topological polar surface area (TPSA) is 96.0 Å². The third kappa shape index (κ3) is 3.99. The van der Waals surface area contributed by atoms with E-state index in [0.717, 1.165) is 40.8 Å². The predicted octanol–water partition coefficient (Wildman–Crippen LogP) is 4.27. The first-order valence-corrected chi connectivity index (χ1v) is 10.7. The first-order chi connectivity index (χ1) is 15.7. The van der Waals surface area contributed by atoms with Crippen molar-refractivity contribution < 1.29 is 9.53 Å². The van der Waals surface area contributed by atoms with Gasteiger partial charge in [0.05, 0.1) is 36.4 Å². The van der Waals surface area contributed by atoms with Crippen LogP contribution in [0, 0.1) is 0 Å². The highest BCUT2D eigenvalue weighted by Crippen LogP contribution is 2.29. The van der Waals surface area contributed by atoms with Gasteiger partial charge in [0.15, 0.2) is 5.69 Å². The number of anilines is 2. The third-order valence-electron chi connectivity index (χ3n) is 5.76. The molecule has 0 atom stereocenters. The number of amides is 1. The zero-order valence-electron chi connectivity index (χ0n) is 17.8. The molecular formula is C24H24N6O2. The summed E-state index contributed by atoms with van der Waals surface area (Å²) in [6.45, 7) is 2.13. The van der Waals surface area contributed by atoms with Crippen molar-refractivity contribution in [3.63, 3.8) is 0 Å². The number of aromatic amines is 1. The molecule has 1 aliphatic rings. The van der Waals surface area contributed by atoms with Gasteiger partial charge in [0.1, 0.15) is 0 Å². The minimum absolute atomic E-state index is 0.305. The lowest BCUT2D eigenvalue weighted by molar-refractivity contribution is 0.102. The molecule has 0 saturated carbocycles. The maximum Gasteiger partial charge on any atom is 0.276 e.